The molecule has 0 aromatic heterocycles. The molecule has 2 saturated heterocycles. The van der Waals surface area contributed by atoms with Crippen molar-refractivity contribution < 1.29 is 0 Å². The molecule has 0 spiro atoms. The molecule has 6 nitrogen and oxygen atoms in total. The van der Waals surface area contributed by atoms with E-state index >= 15 is 0 Å². The fourth-order valence-electron chi connectivity index (χ4n) is 4.76. The minimum Gasteiger partial charge on any atom is -0.384 e. The molecule has 4 rings (SSSR count). The molecule has 2 fully saturated rings. The monoisotopic (exact) mass is 466 g/mol. The largest absolute Gasteiger partial charge is 0.384 e. The molecule has 8 N–H and O–H groups in total. The molecule has 0 amide bonds. The van der Waals surface area contributed by atoms with E-state index in [0.717, 1.165) is 60.7 Å². The first kappa shape index (κ1) is 25.5. The molecule has 0 saturated carbocycles. The molecular formula is C26H38N6S. The second-order valence-corrected chi connectivity index (χ2v) is 9.37. The number of rotatable bonds is 8. The number of nitrogens with one attached hydrogen (secondary N) is 2. The summed E-state index contributed by atoms with van der Waals surface area (Å²) in [6, 6.07) is 13.0. The highest BCUT2D eigenvalue weighted by atomic mass is 32.2. The van der Waals surface area contributed by atoms with E-state index < -0.39 is 0 Å². The van der Waals surface area contributed by atoms with Gasteiger partial charge in [-0.25, -0.2) is 0 Å². The molecule has 178 valence electrons. The Morgan fingerprint density at radius 1 is 1.15 bits per heavy atom. The Balaban J connectivity index is 0.00000149. The number of hydrogen-bond acceptors (Lipinski definition) is 6. The van der Waals surface area contributed by atoms with Crippen LogP contribution in [0.4, 0.5) is 0 Å². The van der Waals surface area contributed by atoms with Gasteiger partial charge in [-0.2, -0.15) is 0 Å². The van der Waals surface area contributed by atoms with Gasteiger partial charge in [-0.15, -0.1) is 6.58 Å². The molecule has 0 aliphatic carbocycles. The number of hydrogen-bond donors (Lipinski definition) is 5. The summed E-state index contributed by atoms with van der Waals surface area (Å²) in [5.41, 5.74) is 16.0. The maximum Gasteiger partial charge on any atom is 0.124 e. The van der Waals surface area contributed by atoms with Crippen LogP contribution in [-0.4, -0.2) is 50.5 Å². The quantitative estimate of drug-likeness (QED) is 0.176. The van der Waals surface area contributed by atoms with Crippen LogP contribution in [0.25, 0.3) is 11.1 Å². The first-order valence-corrected chi connectivity index (χ1v) is 12.6. The van der Waals surface area contributed by atoms with Gasteiger partial charge >= 0.3 is 0 Å². The van der Waals surface area contributed by atoms with Gasteiger partial charge in [-0.1, -0.05) is 42.5 Å². The van der Waals surface area contributed by atoms with Crippen LogP contribution in [-0.2, 0) is 6.42 Å². The molecule has 0 radical (unpaired) electrons. The lowest BCUT2D eigenvalue weighted by atomic mass is 9.87. The number of likely N-dealkylation sites (tertiary alicyclic amines) is 1. The molecule has 0 atom stereocenters. The molecule has 2 heterocycles. The number of piperidine rings is 1. The summed E-state index contributed by atoms with van der Waals surface area (Å²) in [4.78, 5) is 3.40. The number of nitrogens with zero attached hydrogens (tertiary/aromatic N) is 1. The van der Waals surface area contributed by atoms with Gasteiger partial charge in [0.1, 0.15) is 5.84 Å². The van der Waals surface area contributed by atoms with Crippen LogP contribution in [0.3, 0.4) is 0 Å². The van der Waals surface area contributed by atoms with E-state index in [0.29, 0.717) is 11.8 Å². The van der Waals surface area contributed by atoms with E-state index in [-0.39, 0.29) is 5.84 Å². The normalized spacial score (nSPS) is 17.1. The van der Waals surface area contributed by atoms with Gasteiger partial charge in [0, 0.05) is 36.0 Å². The Bertz CT molecular complexity index is 931. The van der Waals surface area contributed by atoms with Crippen LogP contribution < -0.4 is 21.9 Å². The Kier molecular flexibility index (Phi) is 9.52. The summed E-state index contributed by atoms with van der Waals surface area (Å²) in [6.45, 7) is 9.14. The molecule has 33 heavy (non-hydrogen) atoms. The summed E-state index contributed by atoms with van der Waals surface area (Å²) < 4.78 is 0. The summed E-state index contributed by atoms with van der Waals surface area (Å²) in [5, 5.41) is 17.7. The molecule has 2 aliphatic rings. The van der Waals surface area contributed by atoms with Crippen LogP contribution in [0.5, 0.6) is 0 Å². The maximum absolute atomic E-state index is 8.29. The van der Waals surface area contributed by atoms with Gasteiger partial charge in [-0.3, -0.25) is 15.4 Å². The molecule has 0 bridgehead atoms. The average Bonchev–Trinajstić information content (AvgIpc) is 2.81. The third-order valence-corrected chi connectivity index (χ3v) is 7.41. The Hall–Kier alpha value is -2.16. The SMILES string of the molecule is C=CCN1CCC(Cc2ccc(-c3ccc(C4CNC4)cc3)c(C(=N)N)c2SN)CC1.CN. The fraction of sp³-hybridized carbons (Fsp3) is 0.423. The van der Waals surface area contributed by atoms with E-state index in [1.807, 2.05) is 6.08 Å². The van der Waals surface area contributed by atoms with E-state index in [1.54, 1.807) is 0 Å². The lowest BCUT2D eigenvalue weighted by Gasteiger charge is -2.31. The van der Waals surface area contributed by atoms with Crippen molar-refractivity contribution in [3.8, 4) is 11.1 Å². The van der Waals surface area contributed by atoms with E-state index in [4.69, 9.17) is 16.3 Å². The summed E-state index contributed by atoms with van der Waals surface area (Å²) in [5.74, 6) is 1.32. The summed E-state index contributed by atoms with van der Waals surface area (Å²) >= 11 is 1.22. The first-order valence-electron chi connectivity index (χ1n) is 11.7. The molecule has 0 unspecified atom stereocenters. The predicted octanol–water partition coefficient (Wildman–Crippen LogP) is 3.31. The number of nitrogen functional groups attached to an aromatic ring is 1. The molecule has 2 aromatic rings. The van der Waals surface area contributed by atoms with Crippen LogP contribution in [0.15, 0.2) is 53.9 Å². The van der Waals surface area contributed by atoms with Crippen molar-refractivity contribution in [2.24, 2.45) is 22.5 Å². The van der Waals surface area contributed by atoms with Gasteiger partial charge in [0.25, 0.3) is 0 Å². The van der Waals surface area contributed by atoms with Crippen molar-refractivity contribution in [3.05, 3.63) is 65.7 Å². The third-order valence-electron chi connectivity index (χ3n) is 6.70. The molecule has 2 aliphatic heterocycles. The van der Waals surface area contributed by atoms with Gasteiger partial charge in [-0.05, 0) is 79.5 Å². The zero-order valence-electron chi connectivity index (χ0n) is 19.6. The number of nitrogens with two attached hydrogens (primary N) is 3. The van der Waals surface area contributed by atoms with Crippen LogP contribution in [0, 0.1) is 11.3 Å². The first-order chi connectivity index (χ1) is 16.1. The second kappa shape index (κ2) is 12.3. The molecule has 7 heteroatoms. The highest BCUT2D eigenvalue weighted by molar-refractivity contribution is 7.97. The van der Waals surface area contributed by atoms with E-state index in [1.165, 1.54) is 43.0 Å². The van der Waals surface area contributed by atoms with Crippen molar-refractivity contribution in [1.82, 2.24) is 10.2 Å². The van der Waals surface area contributed by atoms with Crippen LogP contribution in [0.2, 0.25) is 0 Å². The zero-order chi connectivity index (χ0) is 23.8. The zero-order valence-corrected chi connectivity index (χ0v) is 20.5. The van der Waals surface area contributed by atoms with Crippen LogP contribution in [0.1, 0.15) is 35.4 Å². The number of amidine groups is 1. The lowest BCUT2D eigenvalue weighted by molar-refractivity contribution is 0.200. The number of benzene rings is 2. The Morgan fingerprint density at radius 2 is 1.82 bits per heavy atom. The standard InChI is InChI=1S/C25H33N5S.CH5N/c1-2-11-30-12-9-17(10-13-30)14-20-7-8-22(23(25(26)27)24(20)31-28)19-5-3-18(4-6-19)21-15-29-16-21;1-2/h2-8,17,21,29H,1,9-16,28H2,(H3,26,27);2H2,1H3. The molecule has 2 aromatic carbocycles. The maximum atomic E-state index is 8.29. The van der Waals surface area contributed by atoms with E-state index in [9.17, 15) is 0 Å². The van der Waals surface area contributed by atoms with E-state index in [2.05, 4.69) is 58.9 Å². The predicted molar refractivity (Wildman–Crippen MR) is 142 cm³/mol. The smallest absolute Gasteiger partial charge is 0.124 e. The average molecular weight is 467 g/mol. The molecular weight excluding hydrogens is 428 g/mol. The van der Waals surface area contributed by atoms with Crippen molar-refractivity contribution >= 4 is 17.8 Å². The van der Waals surface area contributed by atoms with Gasteiger partial charge in [0.2, 0.25) is 0 Å². The van der Waals surface area contributed by atoms with Gasteiger partial charge in [0.05, 0.1) is 0 Å². The van der Waals surface area contributed by atoms with Gasteiger partial charge < -0.3 is 16.8 Å². The minimum absolute atomic E-state index is 0.0814. The lowest BCUT2D eigenvalue weighted by Crippen LogP contribution is -2.39. The summed E-state index contributed by atoms with van der Waals surface area (Å²) in [6.07, 6.45) is 5.32. The van der Waals surface area contributed by atoms with Gasteiger partial charge in [0.15, 0.2) is 0 Å². The van der Waals surface area contributed by atoms with Crippen molar-refractivity contribution in [3.63, 3.8) is 0 Å². The second-order valence-electron chi connectivity index (χ2n) is 8.72. The van der Waals surface area contributed by atoms with Crippen molar-refractivity contribution in [2.75, 3.05) is 39.8 Å². The third kappa shape index (κ3) is 6.05. The highest BCUT2D eigenvalue weighted by Gasteiger charge is 2.23. The van der Waals surface area contributed by atoms with Crippen molar-refractivity contribution in [1.29, 1.82) is 5.41 Å². The van der Waals surface area contributed by atoms with Crippen molar-refractivity contribution in [2.45, 2.75) is 30.1 Å². The summed E-state index contributed by atoms with van der Waals surface area (Å²) in [7, 11) is 1.50. The Morgan fingerprint density at radius 3 is 2.33 bits per heavy atom. The fourth-order valence-corrected chi connectivity index (χ4v) is 5.40. The van der Waals surface area contributed by atoms with Crippen LogP contribution >= 0.6 is 11.9 Å². The Labute approximate surface area is 202 Å². The topological polar surface area (TPSA) is 117 Å². The highest BCUT2D eigenvalue weighted by Crippen LogP contribution is 2.35. The minimum atomic E-state index is 0.0814.